The fourth-order valence-electron chi connectivity index (χ4n) is 2.81. The summed E-state index contributed by atoms with van der Waals surface area (Å²) in [6.07, 6.45) is 0.292. The molecule has 1 aliphatic heterocycles. The number of aromatic hydroxyl groups is 1. The Kier molecular flexibility index (Phi) is 7.71. The number of carbonyl (C=O) groups excluding carboxylic acids is 4. The first-order chi connectivity index (χ1) is 13.8. The van der Waals surface area contributed by atoms with Gasteiger partial charge in [0.1, 0.15) is 30.2 Å². The highest BCUT2D eigenvalue weighted by Gasteiger charge is 2.30. The largest absolute Gasteiger partial charge is 0.507 e. The number of cyclic esters (lactones) is 1. The van der Waals surface area contributed by atoms with Gasteiger partial charge in [-0.15, -0.1) is 0 Å². The highest BCUT2D eigenvalue weighted by atomic mass is 32.2. The number of fused-ring (bicyclic) bond motifs is 1. The molecule has 0 radical (unpaired) electrons. The van der Waals surface area contributed by atoms with Crippen molar-refractivity contribution in [2.24, 2.45) is 0 Å². The second-order valence-electron chi connectivity index (χ2n) is 6.11. The number of rotatable bonds is 4. The number of amides is 2. The van der Waals surface area contributed by atoms with Crippen molar-refractivity contribution in [1.29, 1.82) is 0 Å². The van der Waals surface area contributed by atoms with Gasteiger partial charge in [-0.05, 0) is 6.92 Å². The third-order valence-electron chi connectivity index (χ3n) is 4.35. The summed E-state index contributed by atoms with van der Waals surface area (Å²) in [5.74, 6) is -1.73. The van der Waals surface area contributed by atoms with Crippen molar-refractivity contribution in [2.75, 3.05) is 26.6 Å². The Labute approximate surface area is 171 Å². The molecular weight excluding hydrogens is 404 g/mol. The zero-order valence-electron chi connectivity index (χ0n) is 16.1. The van der Waals surface area contributed by atoms with Crippen LogP contribution in [0, 0.1) is 6.92 Å². The number of hydrogen-bond acceptors (Lipinski definition) is 9. The van der Waals surface area contributed by atoms with Crippen LogP contribution in [-0.2, 0) is 29.6 Å². The van der Waals surface area contributed by atoms with Crippen LogP contribution in [0.2, 0.25) is 0 Å². The Bertz CT molecular complexity index is 814. The van der Waals surface area contributed by atoms with Gasteiger partial charge in [0, 0.05) is 28.7 Å². The first kappa shape index (κ1) is 22.3. The molecule has 0 aromatic heterocycles. The maximum absolute atomic E-state index is 12.7. The van der Waals surface area contributed by atoms with Crippen molar-refractivity contribution in [2.45, 2.75) is 24.8 Å². The first-order valence-corrected chi connectivity index (χ1v) is 9.71. The fraction of sp³-hybridized carbons (Fsp3) is 0.444. The lowest BCUT2D eigenvalue weighted by Gasteiger charge is -2.23. The van der Waals surface area contributed by atoms with Crippen molar-refractivity contribution in [3.63, 3.8) is 0 Å². The number of carbonyl (C=O) groups is 4. The monoisotopic (exact) mass is 426 g/mol. The van der Waals surface area contributed by atoms with Gasteiger partial charge in [0.15, 0.2) is 0 Å². The minimum Gasteiger partial charge on any atom is -0.507 e. The van der Waals surface area contributed by atoms with Gasteiger partial charge in [-0.3, -0.25) is 9.59 Å². The normalized spacial score (nSPS) is 20.1. The molecule has 2 rings (SSSR count). The van der Waals surface area contributed by atoms with Gasteiger partial charge in [0.25, 0.3) is 0 Å². The van der Waals surface area contributed by atoms with Crippen molar-refractivity contribution in [3.05, 3.63) is 22.8 Å². The maximum Gasteiger partial charge on any atom is 0.339 e. The van der Waals surface area contributed by atoms with Crippen LogP contribution >= 0.6 is 11.8 Å². The number of ether oxygens (including phenoxy) is 3. The number of phenolic OH excluding ortho intramolecular Hbond substituents is 1. The summed E-state index contributed by atoms with van der Waals surface area (Å²) < 4.78 is 15.1. The van der Waals surface area contributed by atoms with E-state index in [1.54, 1.807) is 6.92 Å². The van der Waals surface area contributed by atoms with Crippen LogP contribution in [0.5, 0.6) is 11.5 Å². The Hall–Kier alpha value is -2.95. The Morgan fingerprint density at radius 3 is 2.76 bits per heavy atom. The molecule has 0 bridgehead atoms. The van der Waals surface area contributed by atoms with Gasteiger partial charge in [-0.2, -0.15) is 11.8 Å². The topological polar surface area (TPSA) is 140 Å². The van der Waals surface area contributed by atoms with Gasteiger partial charge in [-0.1, -0.05) is 0 Å². The zero-order chi connectivity index (χ0) is 21.6. The number of benzene rings is 1. The molecule has 1 heterocycles. The van der Waals surface area contributed by atoms with Crippen LogP contribution < -0.4 is 15.4 Å². The van der Waals surface area contributed by atoms with Gasteiger partial charge < -0.3 is 30.0 Å². The van der Waals surface area contributed by atoms with Crippen molar-refractivity contribution >= 4 is 36.0 Å². The minimum atomic E-state index is -1.21. The summed E-state index contributed by atoms with van der Waals surface area (Å²) >= 11 is 1.20. The molecule has 0 saturated heterocycles. The SMILES string of the molecule is COC(=O)[C@@H]1CSCc2c(O)cc(OC)c(C)c2C(=O)OC[C@H](NC=O)C(=O)N1. The van der Waals surface area contributed by atoms with E-state index in [1.165, 1.54) is 32.0 Å². The molecule has 1 aromatic carbocycles. The standard InChI is InChI=1S/C18H22N2O8S/c1-9-14(26-2)4-13(22)10-6-29-7-12(17(24)27-3)20-16(23)11(19-8-21)5-28-18(25)15(9)10/h4,8,11-12,22H,5-7H2,1-3H3,(H,19,21)(H,20,23)/t11-,12-/m0/s1. The Morgan fingerprint density at radius 2 is 2.14 bits per heavy atom. The predicted molar refractivity (Wildman–Crippen MR) is 103 cm³/mol. The maximum atomic E-state index is 12.7. The van der Waals surface area contributed by atoms with Crippen molar-refractivity contribution in [1.82, 2.24) is 10.6 Å². The summed E-state index contributed by atoms with van der Waals surface area (Å²) in [5, 5.41) is 15.1. The number of hydrogen-bond donors (Lipinski definition) is 3. The Morgan fingerprint density at radius 1 is 1.41 bits per heavy atom. The van der Waals surface area contributed by atoms with E-state index in [4.69, 9.17) is 14.2 Å². The summed E-state index contributed by atoms with van der Waals surface area (Å²) in [6, 6.07) is -0.811. The lowest BCUT2D eigenvalue weighted by atomic mass is 10.0. The van der Waals surface area contributed by atoms with E-state index in [-0.39, 0.29) is 22.8 Å². The number of esters is 2. The Balaban J connectivity index is 2.47. The van der Waals surface area contributed by atoms with Gasteiger partial charge >= 0.3 is 11.9 Å². The van der Waals surface area contributed by atoms with Crippen LogP contribution in [0.25, 0.3) is 0 Å². The molecule has 11 heteroatoms. The van der Waals surface area contributed by atoms with E-state index >= 15 is 0 Å². The highest BCUT2D eigenvalue weighted by Crippen LogP contribution is 2.35. The third-order valence-corrected chi connectivity index (χ3v) is 5.41. The number of nitrogens with one attached hydrogen (secondary N) is 2. The molecule has 10 nitrogen and oxygen atoms in total. The van der Waals surface area contributed by atoms with Crippen LogP contribution in [0.3, 0.4) is 0 Å². The molecule has 2 atom stereocenters. The van der Waals surface area contributed by atoms with E-state index in [2.05, 4.69) is 10.6 Å². The van der Waals surface area contributed by atoms with Gasteiger partial charge in [-0.25, -0.2) is 9.59 Å². The van der Waals surface area contributed by atoms with Crippen LogP contribution in [-0.4, -0.2) is 68.0 Å². The van der Waals surface area contributed by atoms with E-state index in [0.717, 1.165) is 0 Å². The summed E-state index contributed by atoms with van der Waals surface area (Å²) in [7, 11) is 2.59. The van der Waals surface area contributed by atoms with Crippen LogP contribution in [0.15, 0.2) is 6.07 Å². The molecule has 29 heavy (non-hydrogen) atoms. The lowest BCUT2D eigenvalue weighted by molar-refractivity contribution is -0.144. The molecular formula is C18H22N2O8S. The van der Waals surface area contributed by atoms with Crippen LogP contribution in [0.4, 0.5) is 0 Å². The number of phenols is 1. The van der Waals surface area contributed by atoms with Gasteiger partial charge in [0.2, 0.25) is 12.3 Å². The first-order valence-electron chi connectivity index (χ1n) is 8.56. The second kappa shape index (κ2) is 10.0. The summed E-state index contributed by atoms with van der Waals surface area (Å²) in [6.45, 7) is 1.17. The molecule has 2 amide bonds. The quantitative estimate of drug-likeness (QED) is 0.444. The summed E-state index contributed by atoms with van der Waals surface area (Å²) in [4.78, 5) is 48.0. The van der Waals surface area contributed by atoms with Gasteiger partial charge in [0.05, 0.1) is 19.8 Å². The highest BCUT2D eigenvalue weighted by molar-refractivity contribution is 7.98. The minimum absolute atomic E-state index is 0.106. The van der Waals surface area contributed by atoms with Crippen molar-refractivity contribution in [3.8, 4) is 11.5 Å². The fourth-order valence-corrected chi connectivity index (χ4v) is 3.88. The van der Waals surface area contributed by atoms with E-state index in [0.29, 0.717) is 23.3 Å². The molecule has 0 fully saturated rings. The average molecular weight is 426 g/mol. The number of thioether (sulfide) groups is 1. The second-order valence-corrected chi connectivity index (χ2v) is 7.14. The van der Waals surface area contributed by atoms with Crippen molar-refractivity contribution < 1.29 is 38.5 Å². The molecule has 0 aliphatic carbocycles. The van der Waals surface area contributed by atoms with E-state index < -0.39 is 36.5 Å². The molecule has 1 aromatic rings. The molecule has 158 valence electrons. The molecule has 0 spiro atoms. The number of methoxy groups -OCH3 is 2. The average Bonchev–Trinajstić information content (AvgIpc) is 2.70. The van der Waals surface area contributed by atoms with E-state index in [1.807, 2.05) is 0 Å². The lowest BCUT2D eigenvalue weighted by Crippen LogP contribution is -2.53. The smallest absolute Gasteiger partial charge is 0.339 e. The molecule has 0 unspecified atom stereocenters. The van der Waals surface area contributed by atoms with Crippen LogP contribution in [0.1, 0.15) is 21.5 Å². The summed E-state index contributed by atoms with van der Waals surface area (Å²) in [5.41, 5.74) is 0.875. The predicted octanol–water partition coefficient (Wildman–Crippen LogP) is -0.115. The van der Waals surface area contributed by atoms with E-state index in [9.17, 15) is 24.3 Å². The molecule has 0 saturated carbocycles. The molecule has 3 N–H and O–H groups in total. The third kappa shape index (κ3) is 5.11. The molecule has 1 aliphatic rings. The zero-order valence-corrected chi connectivity index (χ0v) is 17.0.